The Morgan fingerprint density at radius 2 is 2.30 bits per heavy atom. The average Bonchev–Trinajstić information content (AvgIpc) is 2.75. The van der Waals surface area contributed by atoms with Crippen LogP contribution in [-0.4, -0.2) is 32.9 Å². The zero-order valence-electron chi connectivity index (χ0n) is 11.5. The van der Waals surface area contributed by atoms with Gasteiger partial charge in [0.2, 0.25) is 0 Å². The van der Waals surface area contributed by atoms with Crippen molar-refractivity contribution in [2.45, 2.75) is 45.2 Å². The largest absolute Gasteiger partial charge is 0.480 e. The molecule has 20 heavy (non-hydrogen) atoms. The molecule has 0 spiro atoms. The monoisotopic (exact) mass is 280 g/mol. The normalized spacial score (nSPS) is 22.2. The molecule has 2 unspecified atom stereocenters. The minimum atomic E-state index is -0.972. The summed E-state index contributed by atoms with van der Waals surface area (Å²) >= 11 is 0. The van der Waals surface area contributed by atoms with Crippen molar-refractivity contribution in [2.75, 3.05) is 5.32 Å². The van der Waals surface area contributed by atoms with Crippen LogP contribution in [0.2, 0.25) is 0 Å². The molecule has 2 amide bonds. The number of hydrogen-bond donors (Lipinski definition) is 3. The number of nitrogens with zero attached hydrogens (tertiary/aromatic N) is 2. The SMILES string of the molecule is CC1CCCC(NC(=O)Nc2cnn(CC(=O)O)c2)C1. The van der Waals surface area contributed by atoms with E-state index in [-0.39, 0.29) is 18.6 Å². The molecular weight excluding hydrogens is 260 g/mol. The van der Waals surface area contributed by atoms with E-state index >= 15 is 0 Å². The van der Waals surface area contributed by atoms with Crippen LogP contribution < -0.4 is 10.6 Å². The van der Waals surface area contributed by atoms with Crippen LogP contribution in [0.15, 0.2) is 12.4 Å². The maximum Gasteiger partial charge on any atom is 0.325 e. The van der Waals surface area contributed by atoms with Crippen LogP contribution in [0.1, 0.15) is 32.6 Å². The predicted molar refractivity (Wildman–Crippen MR) is 73.4 cm³/mol. The van der Waals surface area contributed by atoms with Gasteiger partial charge >= 0.3 is 12.0 Å². The number of carbonyl (C=O) groups is 2. The zero-order valence-corrected chi connectivity index (χ0v) is 11.5. The second kappa shape index (κ2) is 6.40. The van der Waals surface area contributed by atoms with Crippen molar-refractivity contribution in [3.05, 3.63) is 12.4 Å². The van der Waals surface area contributed by atoms with Gasteiger partial charge in [0.25, 0.3) is 0 Å². The van der Waals surface area contributed by atoms with Gasteiger partial charge in [-0.25, -0.2) is 4.79 Å². The third kappa shape index (κ3) is 4.25. The molecule has 1 heterocycles. The summed E-state index contributed by atoms with van der Waals surface area (Å²) in [5.74, 6) is -0.326. The quantitative estimate of drug-likeness (QED) is 0.781. The van der Waals surface area contributed by atoms with Gasteiger partial charge in [0, 0.05) is 12.2 Å². The number of amides is 2. The van der Waals surface area contributed by atoms with E-state index in [0.717, 1.165) is 19.3 Å². The van der Waals surface area contributed by atoms with E-state index in [9.17, 15) is 9.59 Å². The van der Waals surface area contributed by atoms with Gasteiger partial charge in [-0.05, 0) is 18.8 Å². The summed E-state index contributed by atoms with van der Waals surface area (Å²) in [6.45, 7) is 1.98. The molecule has 7 nitrogen and oxygen atoms in total. The molecule has 1 aromatic rings. The van der Waals surface area contributed by atoms with E-state index in [0.29, 0.717) is 11.6 Å². The third-order valence-electron chi connectivity index (χ3n) is 3.46. The molecule has 0 aliphatic heterocycles. The summed E-state index contributed by atoms with van der Waals surface area (Å²) in [5, 5.41) is 18.1. The van der Waals surface area contributed by atoms with Crippen LogP contribution in [0.5, 0.6) is 0 Å². The summed E-state index contributed by atoms with van der Waals surface area (Å²) in [6, 6.07) is -0.0493. The van der Waals surface area contributed by atoms with Gasteiger partial charge in [-0.15, -0.1) is 0 Å². The number of rotatable bonds is 4. The first-order valence-corrected chi connectivity index (χ1v) is 6.84. The number of urea groups is 1. The first kappa shape index (κ1) is 14.4. The lowest BCUT2D eigenvalue weighted by atomic mass is 9.87. The Morgan fingerprint density at radius 1 is 1.50 bits per heavy atom. The van der Waals surface area contributed by atoms with Crippen molar-refractivity contribution in [3.63, 3.8) is 0 Å². The average molecular weight is 280 g/mol. The molecule has 3 N–H and O–H groups in total. The van der Waals surface area contributed by atoms with Crippen LogP contribution in [0.4, 0.5) is 10.5 Å². The van der Waals surface area contributed by atoms with Crippen molar-refractivity contribution in [1.29, 1.82) is 0 Å². The summed E-state index contributed by atoms with van der Waals surface area (Å²) in [4.78, 5) is 22.4. The van der Waals surface area contributed by atoms with Gasteiger partial charge < -0.3 is 15.7 Å². The summed E-state index contributed by atoms with van der Waals surface area (Å²) < 4.78 is 1.26. The number of carbonyl (C=O) groups excluding carboxylic acids is 1. The fourth-order valence-corrected chi connectivity index (χ4v) is 2.57. The molecule has 7 heteroatoms. The molecule has 0 aromatic carbocycles. The van der Waals surface area contributed by atoms with E-state index < -0.39 is 5.97 Å². The Labute approximate surface area is 117 Å². The van der Waals surface area contributed by atoms with E-state index in [1.54, 1.807) is 0 Å². The van der Waals surface area contributed by atoms with Crippen molar-refractivity contribution in [2.24, 2.45) is 5.92 Å². The van der Waals surface area contributed by atoms with Crippen molar-refractivity contribution in [1.82, 2.24) is 15.1 Å². The smallest absolute Gasteiger partial charge is 0.325 e. The maximum atomic E-state index is 11.8. The summed E-state index contributed by atoms with van der Waals surface area (Å²) in [7, 11) is 0. The first-order valence-electron chi connectivity index (χ1n) is 6.84. The van der Waals surface area contributed by atoms with Crippen LogP contribution in [0, 0.1) is 5.92 Å². The molecule has 0 bridgehead atoms. The van der Waals surface area contributed by atoms with Gasteiger partial charge in [0.15, 0.2) is 0 Å². The van der Waals surface area contributed by atoms with Gasteiger partial charge in [-0.1, -0.05) is 19.8 Å². The number of hydrogen-bond acceptors (Lipinski definition) is 3. The Kier molecular flexibility index (Phi) is 4.60. The lowest BCUT2D eigenvalue weighted by Crippen LogP contribution is -2.40. The standard InChI is InChI=1S/C13H20N4O3/c1-9-3-2-4-10(5-9)15-13(20)16-11-6-14-17(7-11)8-12(18)19/h6-7,9-10H,2-5,8H2,1H3,(H,18,19)(H2,15,16,20). The zero-order chi connectivity index (χ0) is 14.5. The number of aromatic nitrogens is 2. The van der Waals surface area contributed by atoms with Crippen LogP contribution in [0.25, 0.3) is 0 Å². The molecule has 2 atom stereocenters. The molecule has 2 rings (SSSR count). The Hall–Kier alpha value is -2.05. The molecule has 1 fully saturated rings. The molecule has 0 saturated heterocycles. The lowest BCUT2D eigenvalue weighted by molar-refractivity contribution is -0.137. The van der Waals surface area contributed by atoms with Crippen LogP contribution in [-0.2, 0) is 11.3 Å². The topological polar surface area (TPSA) is 96.3 Å². The summed E-state index contributed by atoms with van der Waals surface area (Å²) in [5.41, 5.74) is 0.493. The molecule has 1 aliphatic rings. The fraction of sp³-hybridized carbons (Fsp3) is 0.615. The molecule has 1 aliphatic carbocycles. The molecule has 0 radical (unpaired) electrons. The van der Waals surface area contributed by atoms with E-state index in [1.807, 2.05) is 0 Å². The van der Waals surface area contributed by atoms with E-state index in [1.165, 1.54) is 23.5 Å². The molecule has 110 valence electrons. The third-order valence-corrected chi connectivity index (χ3v) is 3.46. The number of aliphatic carboxylic acids is 1. The van der Waals surface area contributed by atoms with Crippen molar-refractivity contribution < 1.29 is 14.7 Å². The fourth-order valence-electron chi connectivity index (χ4n) is 2.57. The Balaban J connectivity index is 1.81. The highest BCUT2D eigenvalue weighted by molar-refractivity contribution is 5.89. The second-order valence-electron chi connectivity index (χ2n) is 5.39. The first-order chi connectivity index (χ1) is 9.52. The Morgan fingerprint density at radius 3 is 3.00 bits per heavy atom. The van der Waals surface area contributed by atoms with Gasteiger partial charge in [-0.3, -0.25) is 9.48 Å². The highest BCUT2D eigenvalue weighted by Crippen LogP contribution is 2.23. The highest BCUT2D eigenvalue weighted by Gasteiger charge is 2.20. The van der Waals surface area contributed by atoms with Crippen molar-refractivity contribution >= 4 is 17.7 Å². The Bertz CT molecular complexity index is 486. The lowest BCUT2D eigenvalue weighted by Gasteiger charge is -2.27. The van der Waals surface area contributed by atoms with Gasteiger partial charge in [-0.2, -0.15) is 5.10 Å². The van der Waals surface area contributed by atoms with E-state index in [4.69, 9.17) is 5.11 Å². The maximum absolute atomic E-state index is 11.8. The van der Waals surface area contributed by atoms with Crippen LogP contribution >= 0.6 is 0 Å². The number of carboxylic acid groups (broad SMARTS) is 1. The highest BCUT2D eigenvalue weighted by atomic mass is 16.4. The minimum Gasteiger partial charge on any atom is -0.480 e. The predicted octanol–water partition coefficient (Wildman–Crippen LogP) is 1.67. The molecule has 1 aromatic heterocycles. The van der Waals surface area contributed by atoms with E-state index in [2.05, 4.69) is 22.7 Å². The van der Waals surface area contributed by atoms with Crippen LogP contribution in [0.3, 0.4) is 0 Å². The van der Waals surface area contributed by atoms with Gasteiger partial charge in [0.05, 0.1) is 11.9 Å². The summed E-state index contributed by atoms with van der Waals surface area (Å²) in [6.07, 6.45) is 7.31. The minimum absolute atomic E-state index is 0.216. The number of nitrogens with one attached hydrogen (secondary N) is 2. The molecular formula is C13H20N4O3. The van der Waals surface area contributed by atoms with Crippen molar-refractivity contribution in [3.8, 4) is 0 Å². The molecule has 1 saturated carbocycles. The second-order valence-corrected chi connectivity index (χ2v) is 5.39. The number of anilines is 1. The van der Waals surface area contributed by atoms with Gasteiger partial charge in [0.1, 0.15) is 6.54 Å². The number of carboxylic acids is 1.